The number of piperidine rings is 3. The minimum atomic E-state index is -0.967. The lowest BCUT2D eigenvalue weighted by atomic mass is 9.75. The zero-order chi connectivity index (χ0) is 21.9. The van der Waals surface area contributed by atoms with E-state index < -0.39 is 17.9 Å². The van der Waals surface area contributed by atoms with Gasteiger partial charge in [-0.15, -0.1) is 6.58 Å². The molecule has 0 saturated carbocycles. The topological polar surface area (TPSA) is 59.0 Å². The molecule has 2 atom stereocenters. The van der Waals surface area contributed by atoms with E-state index in [4.69, 9.17) is 9.47 Å². The monoisotopic (exact) mass is 411 g/mol. The fourth-order valence-corrected chi connectivity index (χ4v) is 4.60. The molecule has 4 rings (SSSR count). The molecular formula is C25H33NO4. The minimum Gasteiger partial charge on any atom is -0.432 e. The number of ether oxygens (including phenoxy) is 2. The Morgan fingerprint density at radius 1 is 1.37 bits per heavy atom. The van der Waals surface area contributed by atoms with E-state index in [1.807, 2.05) is 12.1 Å². The van der Waals surface area contributed by atoms with Crippen LogP contribution in [0.2, 0.25) is 0 Å². The van der Waals surface area contributed by atoms with Crippen LogP contribution in [0.5, 0.6) is 0 Å². The van der Waals surface area contributed by atoms with Crippen molar-refractivity contribution in [1.29, 1.82) is 0 Å². The number of methoxy groups -OCH3 is 1. The summed E-state index contributed by atoms with van der Waals surface area (Å²) in [5.41, 5.74) is 2.27. The molecule has 3 aliphatic heterocycles. The number of esters is 1. The van der Waals surface area contributed by atoms with Crippen molar-refractivity contribution in [2.24, 2.45) is 5.92 Å². The Bertz CT molecular complexity index is 858. The van der Waals surface area contributed by atoms with Gasteiger partial charge in [-0.05, 0) is 68.5 Å². The molecule has 2 unspecified atom stereocenters. The van der Waals surface area contributed by atoms with E-state index in [9.17, 15) is 9.90 Å². The van der Waals surface area contributed by atoms with Crippen molar-refractivity contribution in [2.75, 3.05) is 26.7 Å². The third-order valence-corrected chi connectivity index (χ3v) is 6.25. The number of benzene rings is 1. The van der Waals surface area contributed by atoms with Gasteiger partial charge in [0.15, 0.2) is 6.29 Å². The lowest BCUT2D eigenvalue weighted by Gasteiger charge is -2.47. The maximum absolute atomic E-state index is 12.7. The van der Waals surface area contributed by atoms with Gasteiger partial charge < -0.3 is 14.6 Å². The van der Waals surface area contributed by atoms with Gasteiger partial charge in [-0.3, -0.25) is 4.90 Å². The van der Waals surface area contributed by atoms with Crippen molar-refractivity contribution in [3.63, 3.8) is 0 Å². The summed E-state index contributed by atoms with van der Waals surface area (Å²) in [6.07, 6.45) is 3.77. The van der Waals surface area contributed by atoms with E-state index in [1.165, 1.54) is 7.11 Å². The zero-order valence-electron chi connectivity index (χ0n) is 18.5. The smallest absolute Gasteiger partial charge is 0.340 e. The van der Waals surface area contributed by atoms with E-state index in [0.29, 0.717) is 18.5 Å². The van der Waals surface area contributed by atoms with Crippen molar-refractivity contribution in [3.05, 3.63) is 47.0 Å². The molecule has 0 aromatic heterocycles. The third kappa shape index (κ3) is 4.62. The maximum atomic E-state index is 12.7. The first-order valence-electron chi connectivity index (χ1n) is 10.8. The molecule has 0 amide bonds. The van der Waals surface area contributed by atoms with Crippen LogP contribution in [0.15, 0.2) is 24.8 Å². The predicted octanol–water partition coefficient (Wildman–Crippen LogP) is 3.50. The fourth-order valence-electron chi connectivity index (χ4n) is 4.60. The van der Waals surface area contributed by atoms with E-state index in [2.05, 4.69) is 37.2 Å². The molecule has 162 valence electrons. The first-order chi connectivity index (χ1) is 14.3. The van der Waals surface area contributed by atoms with Crippen LogP contribution in [0.4, 0.5) is 0 Å². The van der Waals surface area contributed by atoms with Crippen molar-refractivity contribution >= 4 is 5.97 Å². The number of hydrogen-bond donors (Lipinski definition) is 1. The first-order valence-corrected chi connectivity index (χ1v) is 10.8. The standard InChI is InChI=1S/C25H33NO4/c1-6-7-21-19(10-13-25(28)16-26-14-11-20(25)12-15-26)8-9-22(23(21)17(2)3)24(27)30-18(4)29-5/h6,8-9,17-18,20,28H,1,7,11-12,14-16H2,2-5H3. The molecular weight excluding hydrogens is 378 g/mol. The fraction of sp³-hybridized carbons (Fsp3) is 0.560. The van der Waals surface area contributed by atoms with Gasteiger partial charge in [0.05, 0.1) is 5.56 Å². The molecule has 2 bridgehead atoms. The van der Waals surface area contributed by atoms with Crippen molar-refractivity contribution in [1.82, 2.24) is 4.90 Å². The molecule has 3 fully saturated rings. The molecule has 5 nitrogen and oxygen atoms in total. The second-order valence-electron chi connectivity index (χ2n) is 8.63. The summed E-state index contributed by atoms with van der Waals surface area (Å²) in [6, 6.07) is 3.63. The first kappa shape index (κ1) is 22.6. The molecule has 0 aliphatic carbocycles. The lowest BCUT2D eigenvalue weighted by molar-refractivity contribution is -0.0774. The molecule has 3 heterocycles. The summed E-state index contributed by atoms with van der Waals surface area (Å²) in [4.78, 5) is 15.0. The normalized spacial score (nSPS) is 26.1. The molecule has 3 saturated heterocycles. The molecule has 1 N–H and O–H groups in total. The van der Waals surface area contributed by atoms with Gasteiger partial charge in [0.2, 0.25) is 0 Å². The van der Waals surface area contributed by atoms with Gasteiger partial charge >= 0.3 is 5.97 Å². The number of hydrogen-bond acceptors (Lipinski definition) is 5. The number of rotatable bonds is 6. The summed E-state index contributed by atoms with van der Waals surface area (Å²) < 4.78 is 10.5. The van der Waals surface area contributed by atoms with Crippen LogP contribution in [0.1, 0.15) is 66.6 Å². The Morgan fingerprint density at radius 3 is 2.60 bits per heavy atom. The van der Waals surface area contributed by atoms with Crippen LogP contribution in [-0.2, 0) is 15.9 Å². The highest BCUT2D eigenvalue weighted by Crippen LogP contribution is 2.35. The van der Waals surface area contributed by atoms with Crippen molar-refractivity contribution in [2.45, 2.75) is 57.8 Å². The van der Waals surface area contributed by atoms with Gasteiger partial charge in [0, 0.05) is 25.1 Å². The van der Waals surface area contributed by atoms with Gasteiger partial charge in [0.25, 0.3) is 0 Å². The Kier molecular flexibility index (Phi) is 7.02. The van der Waals surface area contributed by atoms with E-state index in [1.54, 1.807) is 13.0 Å². The second-order valence-corrected chi connectivity index (χ2v) is 8.63. The number of allylic oxidation sites excluding steroid dienone is 1. The van der Waals surface area contributed by atoms with Crippen LogP contribution >= 0.6 is 0 Å². The van der Waals surface area contributed by atoms with E-state index in [-0.39, 0.29) is 11.8 Å². The van der Waals surface area contributed by atoms with Crippen LogP contribution in [0.3, 0.4) is 0 Å². The average Bonchev–Trinajstić information content (AvgIpc) is 2.73. The number of nitrogens with zero attached hydrogens (tertiary/aromatic N) is 1. The summed E-state index contributed by atoms with van der Waals surface area (Å²) in [5, 5.41) is 11.2. The quantitative estimate of drug-likeness (QED) is 0.336. The summed E-state index contributed by atoms with van der Waals surface area (Å²) >= 11 is 0. The number of fused-ring (bicyclic) bond motifs is 3. The van der Waals surface area contributed by atoms with E-state index in [0.717, 1.165) is 42.6 Å². The van der Waals surface area contributed by atoms with Crippen LogP contribution in [-0.4, -0.2) is 54.6 Å². The second kappa shape index (κ2) is 9.34. The van der Waals surface area contributed by atoms with E-state index >= 15 is 0 Å². The highest BCUT2D eigenvalue weighted by atomic mass is 16.7. The van der Waals surface area contributed by atoms with Crippen LogP contribution < -0.4 is 0 Å². The molecule has 1 aromatic rings. The highest BCUT2D eigenvalue weighted by Gasteiger charge is 2.44. The molecule has 0 radical (unpaired) electrons. The van der Waals surface area contributed by atoms with Crippen molar-refractivity contribution in [3.8, 4) is 11.8 Å². The Hall–Kier alpha value is -2.13. The van der Waals surface area contributed by atoms with Crippen molar-refractivity contribution < 1.29 is 19.4 Å². The number of aliphatic hydroxyl groups is 1. The summed E-state index contributed by atoms with van der Waals surface area (Å²) in [7, 11) is 1.50. The largest absolute Gasteiger partial charge is 0.432 e. The maximum Gasteiger partial charge on any atom is 0.340 e. The SMILES string of the molecule is C=CCc1c(C#CC2(O)CN3CCC2CC3)ccc(C(=O)OC(C)OC)c1C(C)C. The number of carbonyl (C=O) groups excluding carboxylic acids is 1. The van der Waals surface area contributed by atoms with Gasteiger partial charge in [-0.2, -0.15) is 0 Å². The van der Waals surface area contributed by atoms with Gasteiger partial charge in [-0.25, -0.2) is 4.79 Å². The molecule has 1 aromatic carbocycles. The molecule has 0 spiro atoms. The van der Waals surface area contributed by atoms with Crippen LogP contribution in [0, 0.1) is 17.8 Å². The van der Waals surface area contributed by atoms with Gasteiger partial charge in [-0.1, -0.05) is 31.8 Å². The average molecular weight is 412 g/mol. The molecule has 5 heteroatoms. The Labute approximate surface area is 180 Å². The lowest BCUT2D eigenvalue weighted by Crippen LogP contribution is -2.58. The molecule has 30 heavy (non-hydrogen) atoms. The zero-order valence-corrected chi connectivity index (χ0v) is 18.5. The Morgan fingerprint density at radius 2 is 2.07 bits per heavy atom. The third-order valence-electron chi connectivity index (χ3n) is 6.25. The van der Waals surface area contributed by atoms with Crippen LogP contribution in [0.25, 0.3) is 0 Å². The Balaban J connectivity index is 2.01. The summed E-state index contributed by atoms with van der Waals surface area (Å²) in [6.45, 7) is 12.4. The van der Waals surface area contributed by atoms with Gasteiger partial charge in [0.1, 0.15) is 5.60 Å². The predicted molar refractivity (Wildman–Crippen MR) is 117 cm³/mol. The molecule has 3 aliphatic rings. The minimum absolute atomic E-state index is 0.0991. The highest BCUT2D eigenvalue weighted by molar-refractivity contribution is 5.92. The number of carbonyl (C=O) groups is 1. The summed E-state index contributed by atoms with van der Waals surface area (Å²) in [5.74, 6) is 6.37.